The number of fused-ring (bicyclic) bond motifs is 2. The Balaban J connectivity index is 1.11. The second-order valence-electron chi connectivity index (χ2n) is 10.7. The topological polar surface area (TPSA) is 66.1 Å². The SMILES string of the molecule is c1cc(-c2ccc(CCOc3cc(CN4CCNCC4)ccc3-c3c[nH]c4ccncc34)cc2)c2cnccc2c1. The van der Waals surface area contributed by atoms with Gasteiger partial charge in [-0.3, -0.25) is 14.9 Å². The van der Waals surface area contributed by atoms with E-state index < -0.39 is 0 Å². The lowest BCUT2D eigenvalue weighted by molar-refractivity contribution is 0.232. The second kappa shape index (κ2) is 11.5. The molecule has 1 aliphatic rings. The van der Waals surface area contributed by atoms with E-state index in [2.05, 4.69) is 98.1 Å². The molecular weight excluding hydrogens is 506 g/mol. The Labute approximate surface area is 240 Å². The lowest BCUT2D eigenvalue weighted by Gasteiger charge is -2.27. The van der Waals surface area contributed by atoms with Gasteiger partial charge in [-0.05, 0) is 45.8 Å². The lowest BCUT2D eigenvalue weighted by Crippen LogP contribution is -2.42. The maximum Gasteiger partial charge on any atom is 0.127 e. The molecule has 1 aliphatic heterocycles. The van der Waals surface area contributed by atoms with Crippen LogP contribution in [0.4, 0.5) is 0 Å². The van der Waals surface area contributed by atoms with E-state index in [4.69, 9.17) is 4.74 Å². The Morgan fingerprint density at radius 1 is 0.756 bits per heavy atom. The van der Waals surface area contributed by atoms with Crippen LogP contribution < -0.4 is 10.1 Å². The number of hydrogen-bond donors (Lipinski definition) is 2. The number of aromatic nitrogens is 3. The molecule has 3 aromatic carbocycles. The number of piperazine rings is 1. The Kier molecular flexibility index (Phi) is 7.16. The molecule has 7 rings (SSSR count). The second-order valence-corrected chi connectivity index (χ2v) is 10.7. The highest BCUT2D eigenvalue weighted by atomic mass is 16.5. The number of nitrogens with zero attached hydrogens (tertiary/aromatic N) is 3. The molecule has 0 spiro atoms. The standard InChI is InChI=1S/C35H33N5O/c1-2-27-10-13-37-21-31(27)29(3-1)28-7-4-25(5-8-28)12-19-41-35-20-26(24-40-17-15-36-16-18-40)6-9-30(35)32-23-39-34-11-14-38-22-33(32)34/h1-11,13-14,20-23,36,39H,12,15-19,24H2. The average Bonchev–Trinajstić information content (AvgIpc) is 3.46. The summed E-state index contributed by atoms with van der Waals surface area (Å²) in [6, 6.07) is 26.0. The molecule has 0 saturated carbocycles. The highest BCUT2D eigenvalue weighted by Crippen LogP contribution is 2.36. The van der Waals surface area contributed by atoms with E-state index in [1.807, 2.05) is 30.9 Å². The quantitative estimate of drug-likeness (QED) is 0.232. The molecule has 0 aliphatic carbocycles. The fourth-order valence-corrected chi connectivity index (χ4v) is 5.81. The van der Waals surface area contributed by atoms with E-state index in [0.29, 0.717) is 6.61 Å². The van der Waals surface area contributed by atoms with Gasteiger partial charge >= 0.3 is 0 Å². The number of nitrogens with one attached hydrogen (secondary N) is 2. The van der Waals surface area contributed by atoms with Gasteiger partial charge in [0.05, 0.1) is 6.61 Å². The molecule has 6 aromatic rings. The van der Waals surface area contributed by atoms with Gasteiger partial charge in [-0.15, -0.1) is 0 Å². The molecule has 1 saturated heterocycles. The highest BCUT2D eigenvalue weighted by Gasteiger charge is 2.15. The smallest absolute Gasteiger partial charge is 0.127 e. The summed E-state index contributed by atoms with van der Waals surface area (Å²) in [4.78, 5) is 14.6. The highest BCUT2D eigenvalue weighted by molar-refractivity contribution is 5.97. The minimum Gasteiger partial charge on any atom is -0.493 e. The molecule has 0 amide bonds. The van der Waals surface area contributed by atoms with E-state index in [0.717, 1.165) is 66.9 Å². The van der Waals surface area contributed by atoms with Crippen LogP contribution in [0.1, 0.15) is 11.1 Å². The molecule has 204 valence electrons. The Bertz CT molecular complexity index is 1780. The summed E-state index contributed by atoms with van der Waals surface area (Å²) < 4.78 is 6.54. The average molecular weight is 540 g/mol. The third kappa shape index (κ3) is 5.44. The fraction of sp³-hybridized carbons (Fsp3) is 0.200. The summed E-state index contributed by atoms with van der Waals surface area (Å²) in [5, 5.41) is 6.92. The molecule has 6 heteroatoms. The Morgan fingerprint density at radius 2 is 1.56 bits per heavy atom. The summed E-state index contributed by atoms with van der Waals surface area (Å²) in [5.74, 6) is 0.919. The first-order valence-electron chi connectivity index (χ1n) is 14.3. The van der Waals surface area contributed by atoms with Gasteiger partial charge in [0.25, 0.3) is 0 Å². The summed E-state index contributed by atoms with van der Waals surface area (Å²) in [5.41, 5.74) is 8.22. The van der Waals surface area contributed by atoms with Crippen LogP contribution in [-0.4, -0.2) is 52.6 Å². The number of H-pyrrole nitrogens is 1. The van der Waals surface area contributed by atoms with Crippen molar-refractivity contribution in [3.8, 4) is 28.0 Å². The Morgan fingerprint density at radius 3 is 2.44 bits per heavy atom. The molecule has 0 unspecified atom stereocenters. The number of hydrogen-bond acceptors (Lipinski definition) is 5. The molecule has 41 heavy (non-hydrogen) atoms. The first-order chi connectivity index (χ1) is 20.3. The van der Waals surface area contributed by atoms with Crippen LogP contribution >= 0.6 is 0 Å². The summed E-state index contributed by atoms with van der Waals surface area (Å²) in [7, 11) is 0. The van der Waals surface area contributed by atoms with Gasteiger partial charge in [-0.2, -0.15) is 0 Å². The molecule has 0 bridgehead atoms. The van der Waals surface area contributed by atoms with E-state index in [1.54, 1.807) is 0 Å². The van der Waals surface area contributed by atoms with Gasteiger partial charge in [0.2, 0.25) is 0 Å². The van der Waals surface area contributed by atoms with Gasteiger partial charge in [0.1, 0.15) is 5.75 Å². The molecule has 1 fully saturated rings. The molecule has 4 heterocycles. The third-order valence-corrected chi connectivity index (χ3v) is 8.03. The minimum atomic E-state index is 0.599. The Hall–Kier alpha value is -4.52. The fourth-order valence-electron chi connectivity index (χ4n) is 5.81. The first kappa shape index (κ1) is 25.4. The van der Waals surface area contributed by atoms with Crippen LogP contribution in [0.2, 0.25) is 0 Å². The summed E-state index contributed by atoms with van der Waals surface area (Å²) in [6.45, 7) is 5.75. The third-order valence-electron chi connectivity index (χ3n) is 8.03. The van der Waals surface area contributed by atoms with Gasteiger partial charge in [0, 0.05) is 97.5 Å². The molecule has 6 nitrogen and oxygen atoms in total. The molecule has 0 radical (unpaired) electrons. The number of pyridine rings is 2. The maximum absolute atomic E-state index is 6.54. The molecular formula is C35H33N5O. The monoisotopic (exact) mass is 539 g/mol. The van der Waals surface area contributed by atoms with Gasteiger partial charge < -0.3 is 15.0 Å². The number of ether oxygens (including phenoxy) is 1. The van der Waals surface area contributed by atoms with Gasteiger partial charge in [-0.1, -0.05) is 54.6 Å². The normalized spacial score (nSPS) is 14.0. The van der Waals surface area contributed by atoms with Crippen molar-refractivity contribution in [1.29, 1.82) is 0 Å². The number of rotatable bonds is 8. The van der Waals surface area contributed by atoms with Crippen LogP contribution in [-0.2, 0) is 13.0 Å². The van der Waals surface area contributed by atoms with Crippen LogP contribution in [0.15, 0.2) is 104 Å². The van der Waals surface area contributed by atoms with E-state index in [-0.39, 0.29) is 0 Å². The van der Waals surface area contributed by atoms with Crippen molar-refractivity contribution in [3.05, 3.63) is 115 Å². The van der Waals surface area contributed by atoms with Crippen molar-refractivity contribution < 1.29 is 4.74 Å². The predicted octanol–water partition coefficient (Wildman–Crippen LogP) is 6.47. The van der Waals surface area contributed by atoms with Crippen molar-refractivity contribution in [2.45, 2.75) is 13.0 Å². The lowest BCUT2D eigenvalue weighted by atomic mass is 9.98. The van der Waals surface area contributed by atoms with Crippen molar-refractivity contribution in [2.75, 3.05) is 32.8 Å². The first-order valence-corrected chi connectivity index (χ1v) is 14.3. The summed E-state index contributed by atoms with van der Waals surface area (Å²) in [6.07, 6.45) is 10.4. The van der Waals surface area contributed by atoms with Gasteiger partial charge in [-0.25, -0.2) is 0 Å². The maximum atomic E-state index is 6.54. The van der Waals surface area contributed by atoms with Gasteiger partial charge in [0.15, 0.2) is 0 Å². The van der Waals surface area contributed by atoms with Crippen molar-refractivity contribution in [3.63, 3.8) is 0 Å². The zero-order valence-corrected chi connectivity index (χ0v) is 23.0. The molecule has 0 atom stereocenters. The van der Waals surface area contributed by atoms with Crippen molar-refractivity contribution in [1.82, 2.24) is 25.2 Å². The number of aromatic amines is 1. The van der Waals surface area contributed by atoms with E-state index in [1.165, 1.54) is 33.0 Å². The summed E-state index contributed by atoms with van der Waals surface area (Å²) >= 11 is 0. The van der Waals surface area contributed by atoms with Crippen LogP contribution in [0.25, 0.3) is 43.9 Å². The zero-order valence-electron chi connectivity index (χ0n) is 23.0. The molecule has 2 N–H and O–H groups in total. The minimum absolute atomic E-state index is 0.599. The van der Waals surface area contributed by atoms with Crippen LogP contribution in [0, 0.1) is 0 Å². The number of benzene rings is 3. The van der Waals surface area contributed by atoms with Crippen LogP contribution in [0.3, 0.4) is 0 Å². The zero-order chi connectivity index (χ0) is 27.4. The van der Waals surface area contributed by atoms with E-state index in [9.17, 15) is 0 Å². The molecule has 3 aromatic heterocycles. The predicted molar refractivity (Wildman–Crippen MR) is 166 cm³/mol. The van der Waals surface area contributed by atoms with Crippen molar-refractivity contribution in [2.24, 2.45) is 0 Å². The van der Waals surface area contributed by atoms with Crippen LogP contribution in [0.5, 0.6) is 5.75 Å². The van der Waals surface area contributed by atoms with Crippen molar-refractivity contribution >= 4 is 21.7 Å². The largest absolute Gasteiger partial charge is 0.493 e. The van der Waals surface area contributed by atoms with E-state index >= 15 is 0 Å².